The van der Waals surface area contributed by atoms with E-state index in [9.17, 15) is 13.2 Å². The van der Waals surface area contributed by atoms with Gasteiger partial charge in [-0.25, -0.2) is 18.4 Å². The molecule has 0 saturated heterocycles. The molecule has 3 aromatic rings. The van der Waals surface area contributed by atoms with Crippen molar-refractivity contribution in [3.05, 3.63) is 66.5 Å². The summed E-state index contributed by atoms with van der Waals surface area (Å²) in [6, 6.07) is 12.6. The maximum Gasteiger partial charge on any atom is 0.263 e. The standard InChI is InChI=1S/C21H22N4O5S/c1-14(2)30-18-7-5-4-6-17(18)20(26)24-15-8-10-16(11-9-15)31(27,28)25-19-21(29-3)23-13-12-22-19/h4-14H,1-3H3,(H,22,25)(H,24,26). The Morgan fingerprint density at radius 1 is 1.00 bits per heavy atom. The van der Waals surface area contributed by atoms with Crippen molar-refractivity contribution in [3.63, 3.8) is 0 Å². The number of hydrogen-bond donors (Lipinski definition) is 2. The molecule has 0 aliphatic carbocycles. The van der Waals surface area contributed by atoms with Gasteiger partial charge in [0, 0.05) is 18.1 Å². The van der Waals surface area contributed by atoms with Gasteiger partial charge in [-0.05, 0) is 50.2 Å². The predicted molar refractivity (Wildman–Crippen MR) is 116 cm³/mol. The number of ether oxygens (including phenoxy) is 2. The SMILES string of the molecule is COc1nccnc1NS(=O)(=O)c1ccc(NC(=O)c2ccccc2OC(C)C)cc1. The maximum atomic E-state index is 12.7. The second-order valence-electron chi connectivity index (χ2n) is 6.66. The van der Waals surface area contributed by atoms with E-state index < -0.39 is 10.0 Å². The number of amides is 1. The van der Waals surface area contributed by atoms with E-state index in [-0.39, 0.29) is 28.6 Å². The number of benzene rings is 2. The number of rotatable bonds is 8. The minimum absolute atomic E-state index is 0.0123. The first-order chi connectivity index (χ1) is 14.8. The van der Waals surface area contributed by atoms with E-state index >= 15 is 0 Å². The number of carbonyl (C=O) groups excluding carboxylic acids is 1. The van der Waals surface area contributed by atoms with Crippen LogP contribution in [-0.2, 0) is 10.0 Å². The number of aromatic nitrogens is 2. The largest absolute Gasteiger partial charge is 0.490 e. The van der Waals surface area contributed by atoms with Crippen LogP contribution >= 0.6 is 0 Å². The van der Waals surface area contributed by atoms with Gasteiger partial charge in [0.25, 0.3) is 21.8 Å². The van der Waals surface area contributed by atoms with Crippen molar-refractivity contribution in [3.8, 4) is 11.6 Å². The average molecular weight is 442 g/mol. The second kappa shape index (κ2) is 9.43. The zero-order valence-corrected chi connectivity index (χ0v) is 18.0. The summed E-state index contributed by atoms with van der Waals surface area (Å²) in [6.07, 6.45) is 2.65. The highest BCUT2D eigenvalue weighted by molar-refractivity contribution is 7.92. The van der Waals surface area contributed by atoms with Gasteiger partial charge in [-0.2, -0.15) is 0 Å². The Morgan fingerprint density at radius 2 is 1.68 bits per heavy atom. The van der Waals surface area contributed by atoms with Crippen LogP contribution in [0.25, 0.3) is 0 Å². The number of nitrogens with one attached hydrogen (secondary N) is 2. The lowest BCUT2D eigenvalue weighted by Gasteiger charge is -2.14. The summed E-state index contributed by atoms with van der Waals surface area (Å²) in [5.74, 6) is 0.131. The number of para-hydroxylation sites is 1. The lowest BCUT2D eigenvalue weighted by Crippen LogP contribution is -2.16. The molecule has 9 nitrogen and oxygen atoms in total. The third-order valence-electron chi connectivity index (χ3n) is 4.01. The van der Waals surface area contributed by atoms with Crippen LogP contribution < -0.4 is 19.5 Å². The molecule has 1 heterocycles. The maximum absolute atomic E-state index is 12.7. The van der Waals surface area contributed by atoms with Crippen LogP contribution in [0.3, 0.4) is 0 Å². The highest BCUT2D eigenvalue weighted by Crippen LogP contribution is 2.24. The van der Waals surface area contributed by atoms with E-state index in [4.69, 9.17) is 9.47 Å². The summed E-state index contributed by atoms with van der Waals surface area (Å²) >= 11 is 0. The molecule has 0 radical (unpaired) electrons. The molecular weight excluding hydrogens is 420 g/mol. The lowest BCUT2D eigenvalue weighted by molar-refractivity contribution is 0.102. The quantitative estimate of drug-likeness (QED) is 0.549. The summed E-state index contributed by atoms with van der Waals surface area (Å²) in [5, 5.41) is 2.74. The Morgan fingerprint density at radius 3 is 2.35 bits per heavy atom. The zero-order valence-electron chi connectivity index (χ0n) is 17.2. The molecule has 31 heavy (non-hydrogen) atoms. The van der Waals surface area contributed by atoms with E-state index in [0.29, 0.717) is 17.0 Å². The molecule has 2 N–H and O–H groups in total. The van der Waals surface area contributed by atoms with Gasteiger partial charge in [-0.3, -0.25) is 9.52 Å². The summed E-state index contributed by atoms with van der Waals surface area (Å²) in [7, 11) is -2.56. The van der Waals surface area contributed by atoms with Crippen molar-refractivity contribution in [1.29, 1.82) is 0 Å². The van der Waals surface area contributed by atoms with Crippen molar-refractivity contribution in [2.45, 2.75) is 24.8 Å². The van der Waals surface area contributed by atoms with Crippen molar-refractivity contribution in [2.75, 3.05) is 17.1 Å². The monoisotopic (exact) mass is 442 g/mol. The first-order valence-corrected chi connectivity index (χ1v) is 10.8. The zero-order chi connectivity index (χ0) is 22.4. The van der Waals surface area contributed by atoms with Crippen LogP contribution in [0.5, 0.6) is 11.6 Å². The molecule has 1 aromatic heterocycles. The van der Waals surface area contributed by atoms with Gasteiger partial charge in [-0.1, -0.05) is 12.1 Å². The van der Waals surface area contributed by atoms with Crippen molar-refractivity contribution >= 4 is 27.4 Å². The molecular formula is C21H22N4O5S. The highest BCUT2D eigenvalue weighted by Gasteiger charge is 2.19. The van der Waals surface area contributed by atoms with Gasteiger partial charge in [0.15, 0.2) is 0 Å². The average Bonchev–Trinajstić information content (AvgIpc) is 2.74. The molecule has 1 amide bonds. The van der Waals surface area contributed by atoms with Crippen molar-refractivity contribution in [2.24, 2.45) is 0 Å². The minimum Gasteiger partial charge on any atom is -0.490 e. The van der Waals surface area contributed by atoms with Gasteiger partial charge in [0.1, 0.15) is 5.75 Å². The normalized spacial score (nSPS) is 11.1. The molecule has 0 unspecified atom stereocenters. The number of carbonyl (C=O) groups is 1. The molecule has 0 aliphatic rings. The molecule has 0 spiro atoms. The molecule has 0 fully saturated rings. The minimum atomic E-state index is -3.93. The number of sulfonamides is 1. The molecule has 10 heteroatoms. The second-order valence-corrected chi connectivity index (χ2v) is 8.34. The first kappa shape index (κ1) is 22.0. The summed E-state index contributed by atoms with van der Waals surface area (Å²) in [4.78, 5) is 20.5. The fraction of sp³-hybridized carbons (Fsp3) is 0.190. The Balaban J connectivity index is 1.75. The summed E-state index contributed by atoms with van der Waals surface area (Å²) in [5.41, 5.74) is 0.810. The lowest BCUT2D eigenvalue weighted by atomic mass is 10.1. The summed E-state index contributed by atoms with van der Waals surface area (Å²) < 4.78 is 38.3. The van der Waals surface area contributed by atoms with Gasteiger partial charge in [0.05, 0.1) is 23.7 Å². The predicted octanol–water partition coefficient (Wildman–Crippen LogP) is 3.33. The molecule has 0 bridgehead atoms. The summed E-state index contributed by atoms with van der Waals surface area (Å²) in [6.45, 7) is 3.75. The van der Waals surface area contributed by atoms with Crippen molar-refractivity contribution in [1.82, 2.24) is 9.97 Å². The first-order valence-electron chi connectivity index (χ1n) is 9.35. The Kier molecular flexibility index (Phi) is 6.71. The van der Waals surface area contributed by atoms with Crippen LogP contribution in [0.15, 0.2) is 65.8 Å². The Labute approximate surface area is 180 Å². The highest BCUT2D eigenvalue weighted by atomic mass is 32.2. The van der Waals surface area contributed by atoms with Crippen LogP contribution in [0.1, 0.15) is 24.2 Å². The van der Waals surface area contributed by atoms with Gasteiger partial charge in [-0.15, -0.1) is 0 Å². The number of anilines is 2. The van der Waals surface area contributed by atoms with E-state index in [2.05, 4.69) is 20.0 Å². The van der Waals surface area contributed by atoms with E-state index in [0.717, 1.165) is 0 Å². The number of methoxy groups -OCH3 is 1. The molecule has 0 atom stereocenters. The van der Waals surface area contributed by atoms with E-state index in [1.807, 2.05) is 13.8 Å². The third kappa shape index (κ3) is 5.48. The smallest absolute Gasteiger partial charge is 0.263 e. The van der Waals surface area contributed by atoms with Gasteiger partial charge < -0.3 is 14.8 Å². The third-order valence-corrected chi connectivity index (χ3v) is 5.36. The molecule has 2 aromatic carbocycles. The molecule has 3 rings (SSSR count). The molecule has 0 saturated carbocycles. The fourth-order valence-electron chi connectivity index (χ4n) is 2.66. The Bertz CT molecular complexity index is 1160. The van der Waals surface area contributed by atoms with Crippen LogP contribution in [0.4, 0.5) is 11.5 Å². The van der Waals surface area contributed by atoms with Crippen LogP contribution in [0.2, 0.25) is 0 Å². The van der Waals surface area contributed by atoms with E-state index in [1.165, 1.54) is 43.8 Å². The van der Waals surface area contributed by atoms with E-state index in [1.54, 1.807) is 24.3 Å². The topological polar surface area (TPSA) is 120 Å². The van der Waals surface area contributed by atoms with Crippen LogP contribution in [0, 0.1) is 0 Å². The van der Waals surface area contributed by atoms with Crippen molar-refractivity contribution < 1.29 is 22.7 Å². The van der Waals surface area contributed by atoms with Gasteiger partial charge >= 0.3 is 0 Å². The Hall–Kier alpha value is -3.66. The number of hydrogen-bond acceptors (Lipinski definition) is 7. The molecule has 162 valence electrons. The van der Waals surface area contributed by atoms with Crippen LogP contribution in [-0.4, -0.2) is 37.5 Å². The van der Waals surface area contributed by atoms with Gasteiger partial charge in [0.2, 0.25) is 5.82 Å². The number of nitrogens with zero attached hydrogens (tertiary/aromatic N) is 2. The molecule has 0 aliphatic heterocycles. The fourth-order valence-corrected chi connectivity index (χ4v) is 3.66.